The Labute approximate surface area is 93.3 Å². The molecule has 0 radical (unpaired) electrons. The molecule has 3 nitrogen and oxygen atoms in total. The molecule has 0 aliphatic heterocycles. The van der Waals surface area contributed by atoms with E-state index in [0.717, 1.165) is 6.42 Å². The van der Waals surface area contributed by atoms with Crippen molar-refractivity contribution in [3.8, 4) is 5.75 Å². The number of hydrogen-bond donors (Lipinski definition) is 1. The maximum atomic E-state index is 11.7. The fraction of sp³-hybridized carbons (Fsp3) is 0.308. The molecule has 2 aromatic rings. The Bertz CT molecular complexity index is 569. The van der Waals surface area contributed by atoms with Crippen LogP contribution in [0.4, 0.5) is 0 Å². The summed E-state index contributed by atoms with van der Waals surface area (Å²) in [5.74, 6) is 0.0575. The Balaban J connectivity index is 2.81. The number of benzene rings is 1. The average Bonchev–Trinajstić information content (AvgIpc) is 2.28. The predicted molar refractivity (Wildman–Crippen MR) is 62.9 cm³/mol. The Morgan fingerprint density at radius 2 is 2.06 bits per heavy atom. The van der Waals surface area contributed by atoms with Crippen molar-refractivity contribution in [2.45, 2.75) is 26.2 Å². The van der Waals surface area contributed by atoms with E-state index in [2.05, 4.69) is 0 Å². The smallest absolute Gasteiger partial charge is 0.343 e. The van der Waals surface area contributed by atoms with E-state index in [4.69, 9.17) is 4.42 Å². The van der Waals surface area contributed by atoms with Crippen molar-refractivity contribution in [3.63, 3.8) is 0 Å². The van der Waals surface area contributed by atoms with Crippen LogP contribution < -0.4 is 5.63 Å². The first-order valence-electron chi connectivity index (χ1n) is 5.39. The Kier molecular flexibility index (Phi) is 2.69. The van der Waals surface area contributed by atoms with Crippen LogP contribution in [0.3, 0.4) is 0 Å². The largest absolute Gasteiger partial charge is 0.507 e. The molecule has 0 fully saturated rings. The van der Waals surface area contributed by atoms with Gasteiger partial charge in [0.25, 0.3) is 0 Å². The van der Waals surface area contributed by atoms with E-state index in [1.54, 1.807) is 18.2 Å². The van der Waals surface area contributed by atoms with E-state index in [1.165, 1.54) is 0 Å². The van der Waals surface area contributed by atoms with E-state index in [-0.39, 0.29) is 11.7 Å². The number of rotatable bonds is 2. The maximum Gasteiger partial charge on any atom is 0.343 e. The van der Waals surface area contributed by atoms with Crippen molar-refractivity contribution < 1.29 is 9.52 Å². The average molecular weight is 218 g/mol. The molecule has 0 bridgehead atoms. The van der Waals surface area contributed by atoms with Crippen LogP contribution in [0.25, 0.3) is 11.0 Å². The zero-order valence-corrected chi connectivity index (χ0v) is 9.36. The molecule has 1 unspecified atom stereocenters. The van der Waals surface area contributed by atoms with Crippen molar-refractivity contribution in [3.05, 3.63) is 40.2 Å². The Morgan fingerprint density at radius 3 is 2.75 bits per heavy atom. The topological polar surface area (TPSA) is 50.4 Å². The molecular formula is C13H14O3. The highest BCUT2D eigenvalue weighted by Gasteiger charge is 2.17. The predicted octanol–water partition coefficient (Wildman–Crippen LogP) is 3.01. The molecule has 0 aliphatic carbocycles. The van der Waals surface area contributed by atoms with Crippen molar-refractivity contribution in [1.82, 2.24) is 0 Å². The summed E-state index contributed by atoms with van der Waals surface area (Å²) in [5.41, 5.74) is 0.365. The van der Waals surface area contributed by atoms with Gasteiger partial charge in [-0.05, 0) is 24.5 Å². The van der Waals surface area contributed by atoms with Gasteiger partial charge in [0.05, 0.1) is 10.9 Å². The number of fused-ring (bicyclic) bond motifs is 1. The second-order valence-corrected chi connectivity index (χ2v) is 3.96. The highest BCUT2D eigenvalue weighted by Crippen LogP contribution is 2.31. The first-order valence-corrected chi connectivity index (χ1v) is 5.39. The molecule has 2 rings (SSSR count). The highest BCUT2D eigenvalue weighted by molar-refractivity contribution is 5.84. The van der Waals surface area contributed by atoms with Crippen LogP contribution in [0.1, 0.15) is 31.7 Å². The highest BCUT2D eigenvalue weighted by atomic mass is 16.4. The van der Waals surface area contributed by atoms with Gasteiger partial charge >= 0.3 is 5.63 Å². The van der Waals surface area contributed by atoms with Gasteiger partial charge in [-0.2, -0.15) is 0 Å². The molecule has 1 N–H and O–H groups in total. The van der Waals surface area contributed by atoms with Crippen LogP contribution in [-0.2, 0) is 0 Å². The number of hydrogen-bond acceptors (Lipinski definition) is 3. The summed E-state index contributed by atoms with van der Waals surface area (Å²) in [4.78, 5) is 11.7. The molecule has 1 aromatic heterocycles. The van der Waals surface area contributed by atoms with Crippen molar-refractivity contribution in [1.29, 1.82) is 0 Å². The summed E-state index contributed by atoms with van der Waals surface area (Å²) >= 11 is 0. The molecular weight excluding hydrogens is 204 g/mol. The quantitative estimate of drug-likeness (QED) is 0.788. The minimum Gasteiger partial charge on any atom is -0.507 e. The lowest BCUT2D eigenvalue weighted by Gasteiger charge is -2.10. The van der Waals surface area contributed by atoms with Gasteiger partial charge in [-0.3, -0.25) is 0 Å². The third kappa shape index (κ3) is 1.58. The normalized spacial score (nSPS) is 12.9. The molecule has 16 heavy (non-hydrogen) atoms. The van der Waals surface area contributed by atoms with Gasteiger partial charge in [0.2, 0.25) is 0 Å². The first kappa shape index (κ1) is 10.7. The van der Waals surface area contributed by atoms with Crippen LogP contribution in [0, 0.1) is 0 Å². The molecule has 1 heterocycles. The van der Waals surface area contributed by atoms with E-state index in [0.29, 0.717) is 16.5 Å². The zero-order chi connectivity index (χ0) is 11.7. The Hall–Kier alpha value is -1.77. The summed E-state index contributed by atoms with van der Waals surface area (Å²) in [5, 5.41) is 10.7. The third-order valence-corrected chi connectivity index (χ3v) is 2.93. The minimum absolute atomic E-state index is 0.000793. The van der Waals surface area contributed by atoms with Gasteiger partial charge < -0.3 is 9.52 Å². The van der Waals surface area contributed by atoms with Gasteiger partial charge in [-0.15, -0.1) is 0 Å². The second kappa shape index (κ2) is 4.00. The summed E-state index contributed by atoms with van der Waals surface area (Å²) in [7, 11) is 0. The van der Waals surface area contributed by atoms with Crippen LogP contribution in [0.15, 0.2) is 33.5 Å². The molecule has 0 saturated heterocycles. The van der Waals surface area contributed by atoms with E-state index < -0.39 is 5.63 Å². The minimum atomic E-state index is -0.439. The third-order valence-electron chi connectivity index (χ3n) is 2.93. The lowest BCUT2D eigenvalue weighted by Crippen LogP contribution is -2.10. The van der Waals surface area contributed by atoms with Crippen LogP contribution >= 0.6 is 0 Å². The molecule has 0 amide bonds. The fourth-order valence-electron chi connectivity index (χ4n) is 1.79. The monoisotopic (exact) mass is 218 g/mol. The van der Waals surface area contributed by atoms with Gasteiger partial charge in [0.1, 0.15) is 11.3 Å². The lowest BCUT2D eigenvalue weighted by atomic mass is 9.98. The Morgan fingerprint density at radius 1 is 1.38 bits per heavy atom. The van der Waals surface area contributed by atoms with Gasteiger partial charge in [0.15, 0.2) is 0 Å². The molecule has 3 heteroatoms. The van der Waals surface area contributed by atoms with Gasteiger partial charge in [-0.25, -0.2) is 4.79 Å². The lowest BCUT2D eigenvalue weighted by molar-refractivity contribution is 0.447. The summed E-state index contributed by atoms with van der Waals surface area (Å²) < 4.78 is 5.18. The summed E-state index contributed by atoms with van der Waals surface area (Å²) in [6.45, 7) is 3.87. The zero-order valence-electron chi connectivity index (χ0n) is 9.36. The van der Waals surface area contributed by atoms with E-state index >= 15 is 0 Å². The molecule has 84 valence electrons. The summed E-state index contributed by atoms with van der Waals surface area (Å²) in [6, 6.07) is 7.01. The molecule has 0 spiro atoms. The van der Waals surface area contributed by atoms with Crippen molar-refractivity contribution in [2.24, 2.45) is 0 Å². The SMILES string of the molecule is CCC(C)c1c(O)c2ccccc2oc1=O. The second-order valence-electron chi connectivity index (χ2n) is 3.96. The molecule has 0 aliphatic rings. The van der Waals surface area contributed by atoms with Crippen molar-refractivity contribution >= 4 is 11.0 Å². The fourth-order valence-corrected chi connectivity index (χ4v) is 1.79. The van der Waals surface area contributed by atoms with E-state index in [9.17, 15) is 9.90 Å². The van der Waals surface area contributed by atoms with Crippen molar-refractivity contribution in [2.75, 3.05) is 0 Å². The molecule has 1 aromatic carbocycles. The van der Waals surface area contributed by atoms with E-state index in [1.807, 2.05) is 19.9 Å². The molecule has 0 saturated carbocycles. The molecule has 1 atom stereocenters. The van der Waals surface area contributed by atoms with Gasteiger partial charge in [-0.1, -0.05) is 26.0 Å². The standard InChI is InChI=1S/C13H14O3/c1-3-8(2)11-12(14)9-6-4-5-7-10(9)16-13(11)15/h4-8,14H,3H2,1-2H3. The van der Waals surface area contributed by atoms with Crippen LogP contribution in [0.5, 0.6) is 5.75 Å². The number of para-hydroxylation sites is 1. The van der Waals surface area contributed by atoms with Crippen LogP contribution in [-0.4, -0.2) is 5.11 Å². The summed E-state index contributed by atoms with van der Waals surface area (Å²) in [6.07, 6.45) is 0.788. The van der Waals surface area contributed by atoms with Gasteiger partial charge in [0, 0.05) is 0 Å². The van der Waals surface area contributed by atoms with Crippen LogP contribution in [0.2, 0.25) is 0 Å². The first-order chi connectivity index (χ1) is 7.65. The maximum absolute atomic E-state index is 11.7. The number of aromatic hydroxyl groups is 1.